The van der Waals surface area contributed by atoms with Gasteiger partial charge in [-0.3, -0.25) is 4.68 Å². The summed E-state index contributed by atoms with van der Waals surface area (Å²) in [7, 11) is 3.61. The highest BCUT2D eigenvalue weighted by atomic mass is 16.5. The summed E-state index contributed by atoms with van der Waals surface area (Å²) in [5.74, 6) is 1.69. The Bertz CT molecular complexity index is 779. The zero-order valence-corrected chi connectivity index (χ0v) is 12.4. The van der Waals surface area contributed by atoms with Crippen LogP contribution in [0.15, 0.2) is 36.7 Å². The molecule has 1 aromatic carbocycles. The van der Waals surface area contributed by atoms with Crippen LogP contribution >= 0.6 is 0 Å². The van der Waals surface area contributed by atoms with Crippen molar-refractivity contribution in [3.63, 3.8) is 0 Å². The van der Waals surface area contributed by atoms with Crippen LogP contribution in [0.2, 0.25) is 0 Å². The van der Waals surface area contributed by atoms with Crippen LogP contribution in [0.3, 0.4) is 0 Å². The Balaban J connectivity index is 1.91. The van der Waals surface area contributed by atoms with E-state index in [9.17, 15) is 0 Å². The molecule has 21 heavy (non-hydrogen) atoms. The smallest absolute Gasteiger partial charge is 0.134 e. The third-order valence-electron chi connectivity index (χ3n) is 3.76. The fourth-order valence-electron chi connectivity index (χ4n) is 2.31. The van der Waals surface area contributed by atoms with Crippen molar-refractivity contribution in [2.45, 2.75) is 13.5 Å². The van der Waals surface area contributed by atoms with Gasteiger partial charge in [-0.2, -0.15) is 5.10 Å². The van der Waals surface area contributed by atoms with Gasteiger partial charge in [-0.1, -0.05) is 6.07 Å². The fourth-order valence-corrected chi connectivity index (χ4v) is 2.31. The molecule has 0 aliphatic rings. The number of anilines is 1. The fraction of sp³-hybridized carbons (Fsp3) is 0.250. The lowest BCUT2D eigenvalue weighted by Crippen LogP contribution is -2.03. The highest BCUT2D eigenvalue weighted by Gasteiger charge is 2.07. The number of benzene rings is 1. The van der Waals surface area contributed by atoms with E-state index >= 15 is 0 Å². The maximum Gasteiger partial charge on any atom is 0.134 e. The van der Waals surface area contributed by atoms with Crippen LogP contribution in [-0.2, 0) is 13.6 Å². The van der Waals surface area contributed by atoms with Crippen LogP contribution in [0.5, 0.6) is 5.75 Å². The minimum absolute atomic E-state index is 0.697. The lowest BCUT2D eigenvalue weighted by Gasteiger charge is -2.09. The van der Waals surface area contributed by atoms with Gasteiger partial charge in [0.2, 0.25) is 0 Å². The van der Waals surface area contributed by atoms with Gasteiger partial charge in [0, 0.05) is 36.4 Å². The second-order valence-corrected chi connectivity index (χ2v) is 4.98. The number of aromatic nitrogens is 3. The predicted molar refractivity (Wildman–Crippen MR) is 83.6 cm³/mol. The standard InChI is InChI=1S/C16H18N4O/c1-11-13(10-19-20(11)2)9-18-16-15-8-14(21-3)5-4-12(15)6-7-17-16/h4-8,10H,9H2,1-3H3,(H,17,18). The molecule has 0 unspecified atom stereocenters. The molecule has 2 aromatic heterocycles. The SMILES string of the molecule is COc1ccc2ccnc(NCc3cnn(C)c3C)c2c1. The van der Waals surface area contributed by atoms with Crippen LogP contribution in [0.4, 0.5) is 5.82 Å². The van der Waals surface area contributed by atoms with Crippen molar-refractivity contribution in [3.05, 3.63) is 47.9 Å². The van der Waals surface area contributed by atoms with Gasteiger partial charge in [-0.15, -0.1) is 0 Å². The molecule has 1 N–H and O–H groups in total. The summed E-state index contributed by atoms with van der Waals surface area (Å²) in [5.41, 5.74) is 2.32. The van der Waals surface area contributed by atoms with Crippen molar-refractivity contribution < 1.29 is 4.74 Å². The number of pyridine rings is 1. The third kappa shape index (κ3) is 2.54. The minimum Gasteiger partial charge on any atom is -0.497 e. The first-order valence-electron chi connectivity index (χ1n) is 6.83. The van der Waals surface area contributed by atoms with Gasteiger partial charge < -0.3 is 10.1 Å². The Morgan fingerprint density at radius 1 is 1.29 bits per heavy atom. The molecule has 3 rings (SSSR count). The van der Waals surface area contributed by atoms with E-state index in [0.29, 0.717) is 6.54 Å². The molecule has 2 heterocycles. The molecular weight excluding hydrogens is 264 g/mol. The highest BCUT2D eigenvalue weighted by molar-refractivity contribution is 5.92. The lowest BCUT2D eigenvalue weighted by atomic mass is 10.1. The van der Waals surface area contributed by atoms with Crippen LogP contribution in [-0.4, -0.2) is 21.9 Å². The number of nitrogens with zero attached hydrogens (tertiary/aromatic N) is 3. The third-order valence-corrected chi connectivity index (χ3v) is 3.76. The molecule has 5 nitrogen and oxygen atoms in total. The number of ether oxygens (including phenoxy) is 1. The van der Waals surface area contributed by atoms with Gasteiger partial charge in [-0.05, 0) is 30.5 Å². The van der Waals surface area contributed by atoms with Crippen LogP contribution in [0, 0.1) is 6.92 Å². The molecule has 0 spiro atoms. The number of methoxy groups -OCH3 is 1. The number of hydrogen-bond acceptors (Lipinski definition) is 4. The number of fused-ring (bicyclic) bond motifs is 1. The maximum absolute atomic E-state index is 5.29. The highest BCUT2D eigenvalue weighted by Crippen LogP contribution is 2.26. The lowest BCUT2D eigenvalue weighted by molar-refractivity contribution is 0.415. The number of hydrogen-bond donors (Lipinski definition) is 1. The molecule has 108 valence electrons. The quantitative estimate of drug-likeness (QED) is 0.799. The minimum atomic E-state index is 0.697. The zero-order chi connectivity index (χ0) is 14.8. The number of nitrogens with one attached hydrogen (secondary N) is 1. The first-order chi connectivity index (χ1) is 10.2. The van der Waals surface area contributed by atoms with Crippen molar-refractivity contribution in [1.29, 1.82) is 0 Å². The van der Waals surface area contributed by atoms with E-state index in [1.807, 2.05) is 48.4 Å². The van der Waals surface area contributed by atoms with E-state index in [0.717, 1.165) is 28.0 Å². The molecule has 0 aliphatic heterocycles. The summed E-state index contributed by atoms with van der Waals surface area (Å²) in [6.45, 7) is 2.76. The van der Waals surface area contributed by atoms with Gasteiger partial charge in [0.1, 0.15) is 11.6 Å². The van der Waals surface area contributed by atoms with Crippen molar-refractivity contribution in [3.8, 4) is 5.75 Å². The summed E-state index contributed by atoms with van der Waals surface area (Å²) in [4.78, 5) is 4.44. The number of aryl methyl sites for hydroxylation is 1. The zero-order valence-electron chi connectivity index (χ0n) is 12.4. The molecule has 0 atom stereocenters. The molecule has 0 saturated heterocycles. The van der Waals surface area contributed by atoms with Crippen molar-refractivity contribution in [2.24, 2.45) is 7.05 Å². The van der Waals surface area contributed by atoms with Crippen LogP contribution < -0.4 is 10.1 Å². The van der Waals surface area contributed by atoms with Crippen LogP contribution in [0.25, 0.3) is 10.8 Å². The van der Waals surface area contributed by atoms with Crippen LogP contribution in [0.1, 0.15) is 11.3 Å². The summed E-state index contributed by atoms with van der Waals surface area (Å²) >= 11 is 0. The summed E-state index contributed by atoms with van der Waals surface area (Å²) in [6.07, 6.45) is 3.70. The monoisotopic (exact) mass is 282 g/mol. The van der Waals surface area contributed by atoms with Crippen molar-refractivity contribution >= 4 is 16.6 Å². The molecule has 0 amide bonds. The van der Waals surface area contributed by atoms with E-state index in [2.05, 4.69) is 22.3 Å². The second-order valence-electron chi connectivity index (χ2n) is 4.98. The van der Waals surface area contributed by atoms with Gasteiger partial charge in [0.05, 0.1) is 13.3 Å². The molecule has 3 aromatic rings. The van der Waals surface area contributed by atoms with Crippen molar-refractivity contribution in [1.82, 2.24) is 14.8 Å². The maximum atomic E-state index is 5.29. The van der Waals surface area contributed by atoms with E-state index in [-0.39, 0.29) is 0 Å². The predicted octanol–water partition coefficient (Wildman–Crippen LogP) is 2.90. The molecule has 0 radical (unpaired) electrons. The Labute approximate surface area is 123 Å². The van der Waals surface area contributed by atoms with E-state index < -0.39 is 0 Å². The van der Waals surface area contributed by atoms with Gasteiger partial charge in [0.15, 0.2) is 0 Å². The first-order valence-corrected chi connectivity index (χ1v) is 6.83. The Morgan fingerprint density at radius 2 is 2.14 bits per heavy atom. The van der Waals surface area contributed by atoms with E-state index in [1.165, 1.54) is 5.56 Å². The summed E-state index contributed by atoms with van der Waals surface area (Å²) < 4.78 is 7.17. The first kappa shape index (κ1) is 13.4. The average Bonchev–Trinajstić information content (AvgIpc) is 2.84. The van der Waals surface area contributed by atoms with Gasteiger partial charge in [-0.25, -0.2) is 4.98 Å². The van der Waals surface area contributed by atoms with E-state index in [4.69, 9.17) is 4.74 Å². The molecule has 0 aliphatic carbocycles. The Hall–Kier alpha value is -2.56. The summed E-state index contributed by atoms with van der Waals surface area (Å²) in [6, 6.07) is 7.99. The molecule has 0 fully saturated rings. The molecule has 0 bridgehead atoms. The topological polar surface area (TPSA) is 52.0 Å². The Kier molecular flexibility index (Phi) is 3.48. The number of rotatable bonds is 4. The van der Waals surface area contributed by atoms with E-state index in [1.54, 1.807) is 7.11 Å². The molecular formula is C16H18N4O. The average molecular weight is 282 g/mol. The van der Waals surface area contributed by atoms with Gasteiger partial charge >= 0.3 is 0 Å². The Morgan fingerprint density at radius 3 is 2.86 bits per heavy atom. The van der Waals surface area contributed by atoms with Crippen molar-refractivity contribution in [2.75, 3.05) is 12.4 Å². The van der Waals surface area contributed by atoms with Gasteiger partial charge in [0.25, 0.3) is 0 Å². The molecule has 5 heteroatoms. The summed E-state index contributed by atoms with van der Waals surface area (Å²) in [5, 5.41) is 9.83. The second kappa shape index (κ2) is 5.44. The molecule has 0 saturated carbocycles. The normalized spacial score (nSPS) is 10.8. The largest absolute Gasteiger partial charge is 0.497 e.